The maximum Gasteiger partial charge on any atom is 0.191 e. The van der Waals surface area contributed by atoms with Gasteiger partial charge in [-0.2, -0.15) is 0 Å². The summed E-state index contributed by atoms with van der Waals surface area (Å²) in [5.41, 5.74) is 1.12. The van der Waals surface area contributed by atoms with Crippen LogP contribution < -0.4 is 15.5 Å². The minimum atomic E-state index is 0. The Morgan fingerprint density at radius 1 is 1.42 bits per heavy atom. The van der Waals surface area contributed by atoms with Gasteiger partial charge in [0, 0.05) is 32.4 Å². The van der Waals surface area contributed by atoms with Crippen LogP contribution in [0, 0.1) is 0 Å². The van der Waals surface area contributed by atoms with Crippen LogP contribution in [-0.4, -0.2) is 49.8 Å². The minimum absolute atomic E-state index is 0. The number of anilines is 1. The molecule has 1 aromatic heterocycles. The van der Waals surface area contributed by atoms with E-state index >= 15 is 0 Å². The fourth-order valence-electron chi connectivity index (χ4n) is 3.41. The molecule has 2 bridgehead atoms. The van der Waals surface area contributed by atoms with Crippen molar-refractivity contribution in [2.75, 3.05) is 25.5 Å². The largest absolute Gasteiger partial charge is 0.373 e. The van der Waals surface area contributed by atoms with Crippen LogP contribution in [0.1, 0.15) is 31.7 Å². The fraction of sp³-hybridized carbons (Fsp3) is 0.647. The molecule has 3 atom stereocenters. The molecule has 0 amide bonds. The van der Waals surface area contributed by atoms with Crippen LogP contribution >= 0.6 is 24.0 Å². The van der Waals surface area contributed by atoms with Crippen LogP contribution in [0.3, 0.4) is 0 Å². The van der Waals surface area contributed by atoms with Crippen LogP contribution in [0.4, 0.5) is 5.82 Å². The molecular formula is C17H28IN5O. The molecule has 2 N–H and O–H groups in total. The second-order valence-electron chi connectivity index (χ2n) is 6.44. The van der Waals surface area contributed by atoms with Crippen molar-refractivity contribution in [3.05, 3.63) is 23.9 Å². The third kappa shape index (κ3) is 4.50. The number of rotatable bonds is 5. The molecule has 3 unspecified atom stereocenters. The highest BCUT2D eigenvalue weighted by Crippen LogP contribution is 2.34. The Bertz CT molecular complexity index is 566. The number of halogens is 1. The second kappa shape index (κ2) is 8.84. The molecular weight excluding hydrogens is 417 g/mol. The molecule has 0 spiro atoms. The van der Waals surface area contributed by atoms with E-state index in [1.54, 1.807) is 0 Å². The zero-order chi connectivity index (χ0) is 16.2. The van der Waals surface area contributed by atoms with Gasteiger partial charge in [-0.25, -0.2) is 9.98 Å². The van der Waals surface area contributed by atoms with Gasteiger partial charge in [0.2, 0.25) is 0 Å². The maximum atomic E-state index is 5.92. The first kappa shape index (κ1) is 19.2. The summed E-state index contributed by atoms with van der Waals surface area (Å²) in [5, 5.41) is 6.88. The third-order valence-electron chi connectivity index (χ3n) is 4.47. The van der Waals surface area contributed by atoms with E-state index in [0.29, 0.717) is 24.8 Å². The van der Waals surface area contributed by atoms with Crippen molar-refractivity contribution in [1.82, 2.24) is 15.6 Å². The molecule has 2 fully saturated rings. The molecule has 2 saturated heterocycles. The topological polar surface area (TPSA) is 61.8 Å². The molecule has 134 valence electrons. The lowest BCUT2D eigenvalue weighted by Crippen LogP contribution is -2.47. The van der Waals surface area contributed by atoms with E-state index in [9.17, 15) is 0 Å². The van der Waals surface area contributed by atoms with E-state index < -0.39 is 0 Å². The van der Waals surface area contributed by atoms with Crippen molar-refractivity contribution in [1.29, 1.82) is 0 Å². The molecule has 7 heteroatoms. The van der Waals surface area contributed by atoms with Gasteiger partial charge in [0.25, 0.3) is 0 Å². The summed E-state index contributed by atoms with van der Waals surface area (Å²) in [6.07, 6.45) is 6.07. The quantitative estimate of drug-likeness (QED) is 0.413. The monoisotopic (exact) mass is 445 g/mol. The minimum Gasteiger partial charge on any atom is -0.373 e. The Kier molecular flexibility index (Phi) is 7.09. The fourth-order valence-corrected chi connectivity index (χ4v) is 3.41. The van der Waals surface area contributed by atoms with Gasteiger partial charge in [0.1, 0.15) is 5.82 Å². The van der Waals surface area contributed by atoms with E-state index in [4.69, 9.17) is 9.73 Å². The first-order valence-electron chi connectivity index (χ1n) is 8.49. The van der Waals surface area contributed by atoms with E-state index in [2.05, 4.69) is 28.6 Å². The second-order valence-corrected chi connectivity index (χ2v) is 6.44. The zero-order valence-electron chi connectivity index (χ0n) is 14.7. The van der Waals surface area contributed by atoms with Crippen LogP contribution in [0.2, 0.25) is 0 Å². The van der Waals surface area contributed by atoms with Crippen molar-refractivity contribution >= 4 is 35.8 Å². The van der Waals surface area contributed by atoms with Crippen LogP contribution in [0.15, 0.2) is 23.3 Å². The zero-order valence-corrected chi connectivity index (χ0v) is 17.0. The molecule has 0 saturated carbocycles. The molecule has 3 heterocycles. The van der Waals surface area contributed by atoms with Gasteiger partial charge in [0.15, 0.2) is 5.96 Å². The lowest BCUT2D eigenvalue weighted by molar-refractivity contribution is 0.0992. The average Bonchev–Trinajstić information content (AvgIpc) is 3.16. The van der Waals surface area contributed by atoms with E-state index in [-0.39, 0.29) is 24.0 Å². The van der Waals surface area contributed by atoms with Gasteiger partial charge in [-0.05, 0) is 32.3 Å². The molecule has 0 radical (unpaired) electrons. The molecule has 6 nitrogen and oxygen atoms in total. The predicted molar refractivity (Wildman–Crippen MR) is 108 cm³/mol. The van der Waals surface area contributed by atoms with Gasteiger partial charge >= 0.3 is 0 Å². The van der Waals surface area contributed by atoms with Crippen LogP contribution in [0.5, 0.6) is 0 Å². The number of hydrogen-bond donors (Lipinski definition) is 2. The summed E-state index contributed by atoms with van der Waals surface area (Å²) >= 11 is 0. The summed E-state index contributed by atoms with van der Waals surface area (Å²) < 4.78 is 5.92. The summed E-state index contributed by atoms with van der Waals surface area (Å²) in [6.45, 7) is 3.54. The molecule has 1 aromatic rings. The van der Waals surface area contributed by atoms with Crippen molar-refractivity contribution in [3.63, 3.8) is 0 Å². The Morgan fingerprint density at radius 3 is 2.88 bits per heavy atom. The van der Waals surface area contributed by atoms with Crippen LogP contribution in [0.25, 0.3) is 0 Å². The highest BCUT2D eigenvalue weighted by Gasteiger charge is 2.41. The smallest absolute Gasteiger partial charge is 0.191 e. The van der Waals surface area contributed by atoms with Crippen molar-refractivity contribution < 1.29 is 4.74 Å². The molecule has 2 aliphatic rings. The molecule has 3 rings (SSSR count). The number of fused-ring (bicyclic) bond motifs is 2. The number of nitrogens with zero attached hydrogens (tertiary/aromatic N) is 3. The van der Waals surface area contributed by atoms with Gasteiger partial charge < -0.3 is 20.3 Å². The van der Waals surface area contributed by atoms with Gasteiger partial charge in [-0.15, -0.1) is 24.0 Å². The highest BCUT2D eigenvalue weighted by molar-refractivity contribution is 14.0. The number of nitrogens with one attached hydrogen (secondary N) is 2. The molecule has 0 aliphatic carbocycles. The number of hydrogen-bond acceptors (Lipinski definition) is 4. The van der Waals surface area contributed by atoms with Crippen molar-refractivity contribution in [3.8, 4) is 0 Å². The van der Waals surface area contributed by atoms with Gasteiger partial charge in [0.05, 0.1) is 24.8 Å². The third-order valence-corrected chi connectivity index (χ3v) is 4.47. The number of aromatic nitrogens is 1. The predicted octanol–water partition coefficient (Wildman–Crippen LogP) is 2.14. The highest BCUT2D eigenvalue weighted by atomic mass is 127. The number of ether oxygens (including phenoxy) is 1. The summed E-state index contributed by atoms with van der Waals surface area (Å²) in [5.74, 6) is 1.83. The summed E-state index contributed by atoms with van der Waals surface area (Å²) in [4.78, 5) is 11.2. The Morgan fingerprint density at radius 2 is 2.25 bits per heavy atom. The van der Waals surface area contributed by atoms with E-state index in [1.807, 2.05) is 31.3 Å². The number of guanidine groups is 1. The Labute approximate surface area is 161 Å². The lowest BCUT2D eigenvalue weighted by atomic mass is 9.96. The summed E-state index contributed by atoms with van der Waals surface area (Å²) in [6, 6.07) is 4.42. The van der Waals surface area contributed by atoms with Crippen molar-refractivity contribution in [2.45, 2.75) is 51.0 Å². The number of aliphatic imine (C=N–C) groups is 1. The molecule has 0 aromatic carbocycles. The SMILES string of the molecule is CCNC(=NCc1cccnc1N(C)C)NC1CC2CCC1O2.I. The van der Waals surface area contributed by atoms with E-state index in [0.717, 1.165) is 36.7 Å². The maximum absolute atomic E-state index is 5.92. The first-order valence-corrected chi connectivity index (χ1v) is 8.49. The van der Waals surface area contributed by atoms with E-state index in [1.165, 1.54) is 6.42 Å². The summed E-state index contributed by atoms with van der Waals surface area (Å²) in [7, 11) is 4.01. The average molecular weight is 445 g/mol. The molecule has 2 aliphatic heterocycles. The first-order chi connectivity index (χ1) is 11.2. The van der Waals surface area contributed by atoms with Gasteiger partial charge in [-0.1, -0.05) is 6.07 Å². The van der Waals surface area contributed by atoms with Gasteiger partial charge in [-0.3, -0.25) is 0 Å². The standard InChI is InChI=1S/C17H27N5O.HI/c1-4-18-17(21-14-10-13-7-8-15(14)23-13)20-11-12-6-5-9-19-16(12)22(2)3;/h5-6,9,13-15H,4,7-8,10-11H2,1-3H3,(H2,18,20,21);1H. The number of pyridine rings is 1. The lowest BCUT2D eigenvalue weighted by Gasteiger charge is -2.23. The molecule has 24 heavy (non-hydrogen) atoms. The van der Waals surface area contributed by atoms with Crippen molar-refractivity contribution in [2.24, 2.45) is 4.99 Å². The normalized spacial score (nSPS) is 25.3. The Hall–Kier alpha value is -1.09. The van der Waals surface area contributed by atoms with Crippen LogP contribution in [-0.2, 0) is 11.3 Å². The Balaban J connectivity index is 0.00000208.